The predicted octanol–water partition coefficient (Wildman–Crippen LogP) is 5.20. The highest BCUT2D eigenvalue weighted by molar-refractivity contribution is 5.80. The molecular weight excluding hydrogens is 393 g/mol. The summed E-state index contributed by atoms with van der Waals surface area (Å²) in [6.45, 7) is 2.67. The van der Waals surface area contributed by atoms with Crippen LogP contribution in [0.25, 0.3) is 11.1 Å². The molecule has 0 amide bonds. The molecule has 4 rings (SSSR count). The number of fused-ring (bicyclic) bond motifs is 1. The van der Waals surface area contributed by atoms with Crippen molar-refractivity contribution < 1.29 is 13.9 Å². The quantitative estimate of drug-likeness (QED) is 0.596. The Morgan fingerprint density at radius 1 is 1.06 bits per heavy atom. The first kappa shape index (κ1) is 20.7. The molecule has 0 bridgehead atoms. The van der Waals surface area contributed by atoms with E-state index >= 15 is 0 Å². The number of halogens is 1. The molecule has 0 atom stereocenters. The summed E-state index contributed by atoms with van der Waals surface area (Å²) in [5.74, 6) is 1.17. The highest BCUT2D eigenvalue weighted by Crippen LogP contribution is 2.39. The Kier molecular flexibility index (Phi) is 6.03. The average Bonchev–Trinajstić information content (AvgIpc) is 2.78. The van der Waals surface area contributed by atoms with Crippen molar-refractivity contribution in [2.75, 3.05) is 12.3 Å². The molecule has 6 heteroatoms. The number of ether oxygens (including phenoxy) is 2. The molecule has 5 nitrogen and oxygen atoms in total. The monoisotopic (exact) mass is 417 g/mol. The maximum absolute atomic E-state index is 13.1. The first-order chi connectivity index (χ1) is 15.1. The molecule has 0 saturated carbocycles. The molecule has 1 aliphatic rings. The molecule has 3 aromatic rings. The second-order valence-electron chi connectivity index (χ2n) is 7.50. The first-order valence-corrected chi connectivity index (χ1v) is 10.5. The lowest BCUT2D eigenvalue weighted by Crippen LogP contribution is -2.12. The predicted molar refractivity (Wildman–Crippen MR) is 117 cm³/mol. The van der Waals surface area contributed by atoms with Crippen LogP contribution in [0.5, 0.6) is 11.5 Å². The van der Waals surface area contributed by atoms with Crippen LogP contribution in [-0.4, -0.2) is 11.6 Å². The van der Waals surface area contributed by atoms with Crippen LogP contribution < -0.4 is 15.2 Å². The number of hydrogen-bond donors (Lipinski definition) is 1. The highest BCUT2D eigenvalue weighted by Gasteiger charge is 2.23. The Labute approximate surface area is 181 Å². The summed E-state index contributed by atoms with van der Waals surface area (Å²) >= 11 is 0. The molecule has 1 heterocycles. The summed E-state index contributed by atoms with van der Waals surface area (Å²) < 4.78 is 24.9. The molecule has 0 unspecified atom stereocenters. The molecule has 1 aromatic heterocycles. The first-order valence-electron chi connectivity index (χ1n) is 10.5. The number of benzene rings is 2. The van der Waals surface area contributed by atoms with Gasteiger partial charge >= 0.3 is 0 Å². The van der Waals surface area contributed by atoms with Crippen LogP contribution in [0, 0.1) is 17.1 Å². The number of hydrogen-bond acceptors (Lipinski definition) is 5. The summed E-state index contributed by atoms with van der Waals surface area (Å²) in [7, 11) is 0. The molecule has 0 radical (unpaired) electrons. The van der Waals surface area contributed by atoms with Crippen molar-refractivity contribution in [3.8, 4) is 28.7 Å². The van der Waals surface area contributed by atoms with Gasteiger partial charge in [0.15, 0.2) is 11.5 Å². The number of aryl methyl sites for hydroxylation is 1. The third-order valence-electron chi connectivity index (χ3n) is 5.45. The molecule has 1 aliphatic carbocycles. The van der Waals surface area contributed by atoms with Crippen molar-refractivity contribution in [1.82, 2.24) is 4.98 Å². The smallest absolute Gasteiger partial charge is 0.161 e. The van der Waals surface area contributed by atoms with Gasteiger partial charge in [0.25, 0.3) is 0 Å². The fourth-order valence-corrected chi connectivity index (χ4v) is 3.99. The van der Waals surface area contributed by atoms with Gasteiger partial charge in [0.2, 0.25) is 0 Å². The third-order valence-corrected chi connectivity index (χ3v) is 5.45. The fraction of sp³-hybridized carbons (Fsp3) is 0.280. The van der Waals surface area contributed by atoms with Crippen molar-refractivity contribution >= 4 is 5.82 Å². The number of rotatable bonds is 6. The number of pyridine rings is 1. The number of aromatic nitrogens is 1. The fourth-order valence-electron chi connectivity index (χ4n) is 3.99. The highest BCUT2D eigenvalue weighted by atomic mass is 19.1. The normalized spacial score (nSPS) is 12.7. The maximum Gasteiger partial charge on any atom is 0.161 e. The van der Waals surface area contributed by atoms with E-state index in [0.29, 0.717) is 30.3 Å². The molecule has 0 aliphatic heterocycles. The third kappa shape index (κ3) is 4.31. The van der Waals surface area contributed by atoms with Gasteiger partial charge in [0, 0.05) is 11.3 Å². The van der Waals surface area contributed by atoms with E-state index in [0.717, 1.165) is 53.6 Å². The topological polar surface area (TPSA) is 81.2 Å². The Morgan fingerprint density at radius 2 is 1.84 bits per heavy atom. The van der Waals surface area contributed by atoms with E-state index in [2.05, 4.69) is 11.1 Å². The summed E-state index contributed by atoms with van der Waals surface area (Å²) in [5, 5.41) is 9.77. The van der Waals surface area contributed by atoms with Gasteiger partial charge in [-0.1, -0.05) is 18.2 Å². The number of nitrogens with zero attached hydrogens (tertiary/aromatic N) is 2. The van der Waals surface area contributed by atoms with Crippen LogP contribution in [0.2, 0.25) is 0 Å². The zero-order valence-electron chi connectivity index (χ0n) is 17.5. The summed E-state index contributed by atoms with van der Waals surface area (Å²) in [6, 6.07) is 14.1. The second-order valence-corrected chi connectivity index (χ2v) is 7.50. The Balaban J connectivity index is 1.72. The van der Waals surface area contributed by atoms with Gasteiger partial charge < -0.3 is 15.2 Å². The van der Waals surface area contributed by atoms with E-state index in [9.17, 15) is 9.65 Å². The molecule has 0 saturated heterocycles. The summed E-state index contributed by atoms with van der Waals surface area (Å²) in [4.78, 5) is 4.49. The van der Waals surface area contributed by atoms with Crippen LogP contribution in [-0.2, 0) is 19.4 Å². The molecular formula is C25H24FN3O2. The van der Waals surface area contributed by atoms with Gasteiger partial charge in [-0.3, -0.25) is 0 Å². The average molecular weight is 417 g/mol. The number of anilines is 1. The Bertz CT molecular complexity index is 1140. The zero-order valence-corrected chi connectivity index (χ0v) is 17.5. The maximum atomic E-state index is 13.1. The van der Waals surface area contributed by atoms with E-state index in [4.69, 9.17) is 15.2 Å². The van der Waals surface area contributed by atoms with E-state index in [-0.39, 0.29) is 11.6 Å². The van der Waals surface area contributed by atoms with Crippen molar-refractivity contribution in [2.45, 2.75) is 39.2 Å². The lowest BCUT2D eigenvalue weighted by atomic mass is 9.86. The second kappa shape index (κ2) is 9.05. The van der Waals surface area contributed by atoms with Gasteiger partial charge in [-0.15, -0.1) is 0 Å². The van der Waals surface area contributed by atoms with Crippen LogP contribution >= 0.6 is 0 Å². The zero-order chi connectivity index (χ0) is 21.8. The minimum atomic E-state index is -0.281. The van der Waals surface area contributed by atoms with Crippen molar-refractivity contribution in [2.24, 2.45) is 0 Å². The minimum Gasteiger partial charge on any atom is -0.490 e. The largest absolute Gasteiger partial charge is 0.490 e. The molecule has 0 spiro atoms. The van der Waals surface area contributed by atoms with E-state index in [1.165, 1.54) is 12.1 Å². The van der Waals surface area contributed by atoms with E-state index < -0.39 is 0 Å². The Morgan fingerprint density at radius 3 is 2.58 bits per heavy atom. The van der Waals surface area contributed by atoms with Gasteiger partial charge in [-0.25, -0.2) is 9.37 Å². The van der Waals surface area contributed by atoms with Gasteiger partial charge in [-0.05, 0) is 73.6 Å². The van der Waals surface area contributed by atoms with Gasteiger partial charge in [0.05, 0.1) is 6.61 Å². The number of nitriles is 1. The molecule has 0 fully saturated rings. The number of nitrogen functional groups attached to an aromatic ring is 1. The van der Waals surface area contributed by atoms with Crippen LogP contribution in [0.15, 0.2) is 42.5 Å². The lowest BCUT2D eigenvalue weighted by Gasteiger charge is -2.22. The standard InChI is InChI=1S/C25H24FN3O2/c1-2-30-23-13-17(9-12-22(23)31-15-16-7-10-18(26)11-8-16)24-19-5-3-4-6-21(19)29-25(28)20(24)14-27/h7-13H,2-6,15H2,1H3,(H2,28,29). The molecule has 2 N–H and O–H groups in total. The summed E-state index contributed by atoms with van der Waals surface area (Å²) in [5.41, 5.74) is 11.2. The molecule has 158 valence electrons. The molecule has 31 heavy (non-hydrogen) atoms. The van der Waals surface area contributed by atoms with Gasteiger partial charge in [-0.2, -0.15) is 5.26 Å². The Hall–Kier alpha value is -3.59. The van der Waals surface area contributed by atoms with Crippen LogP contribution in [0.1, 0.15) is 42.1 Å². The van der Waals surface area contributed by atoms with Gasteiger partial charge in [0.1, 0.15) is 29.9 Å². The van der Waals surface area contributed by atoms with Crippen molar-refractivity contribution in [3.63, 3.8) is 0 Å². The van der Waals surface area contributed by atoms with Crippen LogP contribution in [0.3, 0.4) is 0 Å². The number of nitrogens with two attached hydrogens (primary N) is 1. The minimum absolute atomic E-state index is 0.271. The SMILES string of the molecule is CCOc1cc(-c2c(C#N)c(N)nc3c2CCCC3)ccc1OCc1ccc(F)cc1. The van der Waals surface area contributed by atoms with E-state index in [1.54, 1.807) is 12.1 Å². The summed E-state index contributed by atoms with van der Waals surface area (Å²) in [6.07, 6.45) is 3.88. The van der Waals surface area contributed by atoms with E-state index in [1.807, 2.05) is 25.1 Å². The lowest BCUT2D eigenvalue weighted by molar-refractivity contribution is 0.269. The van der Waals surface area contributed by atoms with Crippen LogP contribution in [0.4, 0.5) is 10.2 Å². The molecule has 2 aromatic carbocycles. The van der Waals surface area contributed by atoms with Crippen molar-refractivity contribution in [3.05, 3.63) is 70.7 Å². The van der Waals surface area contributed by atoms with Crippen molar-refractivity contribution in [1.29, 1.82) is 5.26 Å².